The molecule has 0 saturated carbocycles. The zero-order chi connectivity index (χ0) is 13.8. The lowest BCUT2D eigenvalue weighted by molar-refractivity contribution is 0.601. The topological polar surface area (TPSA) is 12.0 Å². The molecule has 0 aliphatic heterocycles. The molecule has 1 nitrogen and oxygen atoms in total. The van der Waals surface area contributed by atoms with E-state index in [0.29, 0.717) is 17.0 Å². The Morgan fingerprint density at radius 3 is 2.63 bits per heavy atom. The predicted octanol–water partition coefficient (Wildman–Crippen LogP) is 4.83. The lowest BCUT2D eigenvalue weighted by Crippen LogP contribution is -2.19. The molecule has 0 fully saturated rings. The van der Waals surface area contributed by atoms with Crippen molar-refractivity contribution < 1.29 is 4.39 Å². The minimum Gasteiger partial charge on any atom is -0.381 e. The predicted molar refractivity (Wildman–Crippen MR) is 79.4 cm³/mol. The van der Waals surface area contributed by atoms with E-state index in [1.807, 2.05) is 44.2 Å². The van der Waals surface area contributed by atoms with Gasteiger partial charge < -0.3 is 5.32 Å². The van der Waals surface area contributed by atoms with Crippen LogP contribution in [0.3, 0.4) is 0 Å². The molecular weight excluding hydrogens is 261 g/mol. The van der Waals surface area contributed by atoms with Gasteiger partial charge in [0.05, 0.1) is 10.7 Å². The molecule has 100 valence electrons. The second-order valence-electron chi connectivity index (χ2n) is 4.82. The van der Waals surface area contributed by atoms with Gasteiger partial charge in [-0.25, -0.2) is 4.39 Å². The Hall–Kier alpha value is -1.54. The van der Waals surface area contributed by atoms with Crippen LogP contribution >= 0.6 is 11.6 Å². The van der Waals surface area contributed by atoms with Crippen LogP contribution in [0.1, 0.15) is 18.1 Å². The molecule has 2 rings (SSSR count). The normalized spacial score (nSPS) is 12.2. The number of hydrogen-bond donors (Lipinski definition) is 1. The molecule has 0 spiro atoms. The minimum atomic E-state index is -0.161. The molecule has 1 unspecified atom stereocenters. The molecular formula is C16H17ClFN. The standard InChI is InChI=1S/C16H17ClFN/c1-11-7-8-16(14(17)9-11)19-12(2)10-13-5-3-4-6-15(13)18/h3-9,12,19H,10H2,1-2H3. The molecule has 19 heavy (non-hydrogen) atoms. The first-order valence-electron chi connectivity index (χ1n) is 6.32. The van der Waals surface area contributed by atoms with Gasteiger partial charge in [-0.15, -0.1) is 0 Å². The molecule has 1 N–H and O–H groups in total. The van der Waals surface area contributed by atoms with Gasteiger partial charge in [-0.05, 0) is 49.6 Å². The highest BCUT2D eigenvalue weighted by atomic mass is 35.5. The van der Waals surface area contributed by atoms with Crippen molar-refractivity contribution in [3.05, 3.63) is 64.4 Å². The Morgan fingerprint density at radius 1 is 1.21 bits per heavy atom. The van der Waals surface area contributed by atoms with Crippen molar-refractivity contribution in [2.75, 3.05) is 5.32 Å². The molecule has 0 saturated heterocycles. The Balaban J connectivity index is 2.05. The summed E-state index contributed by atoms with van der Waals surface area (Å²) in [6.07, 6.45) is 0.622. The summed E-state index contributed by atoms with van der Waals surface area (Å²) in [4.78, 5) is 0. The van der Waals surface area contributed by atoms with E-state index in [4.69, 9.17) is 11.6 Å². The van der Waals surface area contributed by atoms with Crippen molar-refractivity contribution >= 4 is 17.3 Å². The van der Waals surface area contributed by atoms with Crippen molar-refractivity contribution in [1.82, 2.24) is 0 Å². The van der Waals surface area contributed by atoms with Gasteiger partial charge in [0, 0.05) is 6.04 Å². The highest BCUT2D eigenvalue weighted by molar-refractivity contribution is 6.33. The number of aryl methyl sites for hydroxylation is 1. The van der Waals surface area contributed by atoms with Gasteiger partial charge in [0.25, 0.3) is 0 Å². The fraction of sp³-hybridized carbons (Fsp3) is 0.250. The van der Waals surface area contributed by atoms with Crippen molar-refractivity contribution in [1.29, 1.82) is 0 Å². The van der Waals surface area contributed by atoms with Crippen LogP contribution in [0.15, 0.2) is 42.5 Å². The molecule has 0 radical (unpaired) electrons. The fourth-order valence-electron chi connectivity index (χ4n) is 2.05. The molecule has 0 amide bonds. The van der Waals surface area contributed by atoms with Crippen molar-refractivity contribution in [3.63, 3.8) is 0 Å². The third kappa shape index (κ3) is 3.71. The van der Waals surface area contributed by atoms with E-state index in [1.165, 1.54) is 6.07 Å². The van der Waals surface area contributed by atoms with Gasteiger partial charge in [-0.1, -0.05) is 35.9 Å². The van der Waals surface area contributed by atoms with Crippen LogP contribution < -0.4 is 5.32 Å². The summed E-state index contributed by atoms with van der Waals surface area (Å²) in [6, 6.07) is 12.8. The van der Waals surface area contributed by atoms with Crippen LogP contribution in [0, 0.1) is 12.7 Å². The summed E-state index contributed by atoms with van der Waals surface area (Å²) in [5, 5.41) is 4.01. The first kappa shape index (κ1) is 13.9. The Kier molecular flexibility index (Phi) is 4.43. The van der Waals surface area contributed by atoms with Gasteiger partial charge >= 0.3 is 0 Å². The van der Waals surface area contributed by atoms with Crippen LogP contribution in [-0.4, -0.2) is 6.04 Å². The lowest BCUT2D eigenvalue weighted by atomic mass is 10.1. The lowest BCUT2D eigenvalue weighted by Gasteiger charge is -2.17. The van der Waals surface area contributed by atoms with Gasteiger partial charge in [0.1, 0.15) is 5.82 Å². The van der Waals surface area contributed by atoms with Gasteiger partial charge in [-0.3, -0.25) is 0 Å². The van der Waals surface area contributed by atoms with Crippen molar-refractivity contribution in [2.24, 2.45) is 0 Å². The molecule has 0 heterocycles. The van der Waals surface area contributed by atoms with Crippen LogP contribution in [0.25, 0.3) is 0 Å². The van der Waals surface area contributed by atoms with Crippen molar-refractivity contribution in [3.8, 4) is 0 Å². The number of benzene rings is 2. The van der Waals surface area contributed by atoms with E-state index in [2.05, 4.69) is 5.32 Å². The smallest absolute Gasteiger partial charge is 0.126 e. The molecule has 0 aliphatic carbocycles. The summed E-state index contributed by atoms with van der Waals surface area (Å²) < 4.78 is 13.6. The first-order valence-corrected chi connectivity index (χ1v) is 6.70. The zero-order valence-corrected chi connectivity index (χ0v) is 11.8. The Labute approximate surface area is 118 Å². The molecule has 2 aromatic rings. The van der Waals surface area contributed by atoms with Crippen LogP contribution in [-0.2, 0) is 6.42 Å². The number of rotatable bonds is 4. The summed E-state index contributed by atoms with van der Waals surface area (Å²) >= 11 is 6.17. The van der Waals surface area contributed by atoms with E-state index < -0.39 is 0 Å². The first-order chi connectivity index (χ1) is 9.06. The van der Waals surface area contributed by atoms with Gasteiger partial charge in [0.15, 0.2) is 0 Å². The second kappa shape index (κ2) is 6.07. The van der Waals surface area contributed by atoms with E-state index in [1.54, 1.807) is 6.07 Å². The summed E-state index contributed by atoms with van der Waals surface area (Å²) in [5.74, 6) is -0.161. The molecule has 2 aromatic carbocycles. The maximum Gasteiger partial charge on any atom is 0.126 e. The minimum absolute atomic E-state index is 0.108. The molecule has 0 aromatic heterocycles. The van der Waals surface area contributed by atoms with E-state index in [0.717, 1.165) is 11.3 Å². The van der Waals surface area contributed by atoms with E-state index in [9.17, 15) is 4.39 Å². The Morgan fingerprint density at radius 2 is 1.95 bits per heavy atom. The van der Waals surface area contributed by atoms with Gasteiger partial charge in [-0.2, -0.15) is 0 Å². The fourth-order valence-corrected chi connectivity index (χ4v) is 2.34. The summed E-state index contributed by atoms with van der Waals surface area (Å²) in [5.41, 5.74) is 2.72. The summed E-state index contributed by atoms with van der Waals surface area (Å²) in [6.45, 7) is 4.01. The van der Waals surface area contributed by atoms with E-state index in [-0.39, 0.29) is 11.9 Å². The highest BCUT2D eigenvalue weighted by Crippen LogP contribution is 2.24. The maximum absolute atomic E-state index is 13.6. The van der Waals surface area contributed by atoms with E-state index >= 15 is 0 Å². The monoisotopic (exact) mass is 277 g/mol. The molecule has 3 heteroatoms. The summed E-state index contributed by atoms with van der Waals surface area (Å²) in [7, 11) is 0. The zero-order valence-electron chi connectivity index (χ0n) is 11.1. The molecule has 1 atom stereocenters. The molecule has 0 aliphatic rings. The average molecular weight is 278 g/mol. The maximum atomic E-state index is 13.6. The van der Waals surface area contributed by atoms with Crippen LogP contribution in [0.5, 0.6) is 0 Å². The molecule has 0 bridgehead atoms. The number of nitrogens with one attached hydrogen (secondary N) is 1. The Bertz CT molecular complexity index is 568. The second-order valence-corrected chi connectivity index (χ2v) is 5.23. The van der Waals surface area contributed by atoms with Crippen molar-refractivity contribution in [2.45, 2.75) is 26.3 Å². The van der Waals surface area contributed by atoms with Crippen LogP contribution in [0.2, 0.25) is 5.02 Å². The quantitative estimate of drug-likeness (QED) is 0.844. The third-order valence-corrected chi connectivity index (χ3v) is 3.32. The number of halogens is 2. The highest BCUT2D eigenvalue weighted by Gasteiger charge is 2.09. The van der Waals surface area contributed by atoms with Crippen LogP contribution in [0.4, 0.5) is 10.1 Å². The largest absolute Gasteiger partial charge is 0.381 e. The SMILES string of the molecule is Cc1ccc(NC(C)Cc2ccccc2F)c(Cl)c1. The van der Waals surface area contributed by atoms with Gasteiger partial charge in [0.2, 0.25) is 0 Å². The third-order valence-electron chi connectivity index (χ3n) is 3.01. The average Bonchev–Trinajstić information content (AvgIpc) is 2.36. The number of hydrogen-bond acceptors (Lipinski definition) is 1. The number of anilines is 1.